The van der Waals surface area contributed by atoms with Crippen LogP contribution in [-0.2, 0) is 0 Å². The predicted octanol–water partition coefficient (Wildman–Crippen LogP) is 16.0. The van der Waals surface area contributed by atoms with Crippen molar-refractivity contribution >= 4 is 74.9 Å². The van der Waals surface area contributed by atoms with Gasteiger partial charge in [-0.2, -0.15) is 0 Å². The van der Waals surface area contributed by atoms with Crippen molar-refractivity contribution in [1.29, 1.82) is 0 Å². The molecular formula is C59H36N4S. The highest BCUT2D eigenvalue weighted by molar-refractivity contribution is 7.25. The second kappa shape index (κ2) is 14.7. The van der Waals surface area contributed by atoms with Crippen LogP contribution in [0.1, 0.15) is 0 Å². The highest BCUT2D eigenvalue weighted by atomic mass is 32.1. The van der Waals surface area contributed by atoms with Gasteiger partial charge >= 0.3 is 0 Å². The average molecular weight is 833 g/mol. The molecule has 0 bridgehead atoms. The summed E-state index contributed by atoms with van der Waals surface area (Å²) < 4.78 is 4.91. The lowest BCUT2D eigenvalue weighted by Gasteiger charge is -2.17. The van der Waals surface area contributed by atoms with Crippen molar-refractivity contribution in [3.63, 3.8) is 0 Å². The molecule has 0 saturated carbocycles. The van der Waals surface area contributed by atoms with E-state index in [1.807, 2.05) is 18.2 Å². The van der Waals surface area contributed by atoms with Crippen molar-refractivity contribution < 1.29 is 0 Å². The Bertz CT molecular complexity index is 3960. The lowest BCUT2D eigenvalue weighted by atomic mass is 9.94. The fourth-order valence-corrected chi connectivity index (χ4v) is 10.7. The summed E-state index contributed by atoms with van der Waals surface area (Å²) >= 11 is 1.80. The summed E-state index contributed by atoms with van der Waals surface area (Å²) in [6, 6.07) is 78.3. The molecule has 5 heteroatoms. The molecule has 0 radical (unpaired) electrons. The Morgan fingerprint density at radius 3 is 1.72 bits per heavy atom. The summed E-state index contributed by atoms with van der Waals surface area (Å²) in [4.78, 5) is 15.8. The standard InChI is InChI=1S/C59H36N4S/c1-3-14-37(15-4-1)39-20-13-21-40(32-39)43-26-28-46-50(33-43)49(30-31-53(46)63-52-24-11-9-22-45(52)51-34-41-18-7-8-19-42(41)35-54(51)63)59-61-57(38-16-5-2-6-17-38)60-58(62-59)44-27-29-48-47-23-10-12-25-55(47)64-56(48)36-44/h1-36H. The minimum atomic E-state index is 0.625. The second-order valence-electron chi connectivity index (χ2n) is 16.4. The van der Waals surface area contributed by atoms with Gasteiger partial charge in [-0.05, 0) is 93.0 Å². The van der Waals surface area contributed by atoms with Gasteiger partial charge in [0, 0.05) is 53.0 Å². The van der Waals surface area contributed by atoms with E-state index in [1.54, 1.807) is 11.3 Å². The fraction of sp³-hybridized carbons (Fsp3) is 0. The molecule has 10 aromatic carbocycles. The topological polar surface area (TPSA) is 43.6 Å². The van der Waals surface area contributed by atoms with Gasteiger partial charge in [-0.1, -0.05) is 164 Å². The monoisotopic (exact) mass is 832 g/mol. The summed E-state index contributed by atoms with van der Waals surface area (Å²) in [6.45, 7) is 0. The summed E-state index contributed by atoms with van der Waals surface area (Å²) in [6.07, 6.45) is 0. The molecule has 4 nitrogen and oxygen atoms in total. The Kier molecular flexibility index (Phi) is 8.36. The van der Waals surface area contributed by atoms with Crippen LogP contribution < -0.4 is 0 Å². The first-order valence-electron chi connectivity index (χ1n) is 21.6. The van der Waals surface area contributed by atoms with Crippen LogP contribution in [0.15, 0.2) is 218 Å². The molecule has 0 fully saturated rings. The first-order valence-corrected chi connectivity index (χ1v) is 22.4. The van der Waals surface area contributed by atoms with Gasteiger partial charge in [0.25, 0.3) is 0 Å². The molecule has 0 unspecified atom stereocenters. The number of aromatic nitrogens is 4. The molecular weight excluding hydrogens is 797 g/mol. The molecule has 0 N–H and O–H groups in total. The van der Waals surface area contributed by atoms with Gasteiger partial charge < -0.3 is 4.57 Å². The molecule has 0 aliphatic carbocycles. The van der Waals surface area contributed by atoms with Crippen LogP contribution in [0.2, 0.25) is 0 Å². The van der Waals surface area contributed by atoms with Crippen molar-refractivity contribution in [3.05, 3.63) is 218 Å². The van der Waals surface area contributed by atoms with Crippen LogP contribution in [0.25, 0.3) is 126 Å². The number of benzene rings is 10. The molecule has 0 amide bonds. The van der Waals surface area contributed by atoms with Gasteiger partial charge in [-0.3, -0.25) is 0 Å². The molecule has 3 aromatic heterocycles. The maximum atomic E-state index is 5.37. The van der Waals surface area contributed by atoms with Crippen LogP contribution in [-0.4, -0.2) is 19.5 Å². The lowest BCUT2D eigenvalue weighted by molar-refractivity contribution is 1.08. The number of para-hydroxylation sites is 1. The Labute approximate surface area is 373 Å². The maximum Gasteiger partial charge on any atom is 0.164 e. The second-order valence-corrected chi connectivity index (χ2v) is 17.5. The van der Waals surface area contributed by atoms with E-state index >= 15 is 0 Å². The molecule has 0 aliphatic heterocycles. The van der Waals surface area contributed by atoms with Crippen molar-refractivity contribution in [3.8, 4) is 62.1 Å². The summed E-state index contributed by atoms with van der Waals surface area (Å²) in [7, 11) is 0. The molecule has 0 saturated heterocycles. The largest absolute Gasteiger partial charge is 0.309 e. The molecule has 3 heterocycles. The zero-order valence-electron chi connectivity index (χ0n) is 34.5. The molecule has 0 atom stereocenters. The van der Waals surface area contributed by atoms with E-state index in [-0.39, 0.29) is 0 Å². The van der Waals surface area contributed by atoms with Gasteiger partial charge in [0.05, 0.1) is 16.7 Å². The molecule has 13 rings (SSSR count). The van der Waals surface area contributed by atoms with Crippen molar-refractivity contribution in [2.24, 2.45) is 0 Å². The maximum absolute atomic E-state index is 5.37. The number of nitrogens with zero attached hydrogens (tertiary/aromatic N) is 4. The van der Waals surface area contributed by atoms with Gasteiger partial charge in [0.1, 0.15) is 0 Å². The zero-order chi connectivity index (χ0) is 42.1. The van der Waals surface area contributed by atoms with Crippen LogP contribution in [0.3, 0.4) is 0 Å². The number of thiophene rings is 1. The lowest BCUT2D eigenvalue weighted by Crippen LogP contribution is -2.02. The van der Waals surface area contributed by atoms with Crippen molar-refractivity contribution in [1.82, 2.24) is 19.5 Å². The van der Waals surface area contributed by atoms with Crippen LogP contribution in [0, 0.1) is 0 Å². The Morgan fingerprint density at radius 1 is 0.297 bits per heavy atom. The van der Waals surface area contributed by atoms with E-state index in [2.05, 4.69) is 205 Å². The minimum absolute atomic E-state index is 0.625. The molecule has 0 spiro atoms. The zero-order valence-corrected chi connectivity index (χ0v) is 35.3. The normalized spacial score (nSPS) is 11.8. The molecule has 13 aromatic rings. The van der Waals surface area contributed by atoms with Crippen LogP contribution >= 0.6 is 11.3 Å². The Balaban J connectivity index is 1.07. The SMILES string of the molecule is c1ccc(-c2cccc(-c3ccc4c(-n5c6ccccc6c6cc7ccccc7cc65)ccc(-c5nc(-c6ccccc6)nc(-c6ccc7c(c6)sc6ccccc67)n5)c4c3)c2)cc1. The average Bonchev–Trinajstić information content (AvgIpc) is 3.90. The molecule has 64 heavy (non-hydrogen) atoms. The summed E-state index contributed by atoms with van der Waals surface area (Å²) in [5, 5.41) is 9.56. The van der Waals surface area contributed by atoms with Crippen LogP contribution in [0.4, 0.5) is 0 Å². The summed E-state index contributed by atoms with van der Waals surface area (Å²) in [5.74, 6) is 1.90. The third kappa shape index (κ3) is 6.01. The van der Waals surface area contributed by atoms with E-state index in [9.17, 15) is 0 Å². The van der Waals surface area contributed by atoms with E-state index in [1.165, 1.54) is 58.4 Å². The van der Waals surface area contributed by atoms with Crippen molar-refractivity contribution in [2.75, 3.05) is 0 Å². The van der Waals surface area contributed by atoms with Gasteiger partial charge in [-0.25, -0.2) is 15.0 Å². The minimum Gasteiger partial charge on any atom is -0.309 e. The van der Waals surface area contributed by atoms with Crippen LogP contribution in [0.5, 0.6) is 0 Å². The van der Waals surface area contributed by atoms with E-state index in [4.69, 9.17) is 15.0 Å². The van der Waals surface area contributed by atoms with Crippen molar-refractivity contribution in [2.45, 2.75) is 0 Å². The number of hydrogen-bond acceptors (Lipinski definition) is 4. The number of hydrogen-bond donors (Lipinski definition) is 0. The first kappa shape index (κ1) is 36.4. The van der Waals surface area contributed by atoms with Gasteiger partial charge in [-0.15, -0.1) is 11.3 Å². The highest BCUT2D eigenvalue weighted by Crippen LogP contribution is 2.42. The Hall–Kier alpha value is -8.25. The third-order valence-corrected chi connectivity index (χ3v) is 13.8. The van der Waals surface area contributed by atoms with E-state index in [0.717, 1.165) is 49.8 Å². The first-order chi connectivity index (χ1) is 31.7. The highest BCUT2D eigenvalue weighted by Gasteiger charge is 2.20. The smallest absolute Gasteiger partial charge is 0.164 e. The van der Waals surface area contributed by atoms with Gasteiger partial charge in [0.2, 0.25) is 0 Å². The molecule has 298 valence electrons. The fourth-order valence-electron chi connectivity index (χ4n) is 9.53. The Morgan fingerprint density at radius 2 is 0.891 bits per heavy atom. The van der Waals surface area contributed by atoms with Gasteiger partial charge in [0.15, 0.2) is 17.5 Å². The predicted molar refractivity (Wildman–Crippen MR) is 269 cm³/mol. The quantitative estimate of drug-likeness (QED) is 0.168. The number of fused-ring (bicyclic) bond motifs is 8. The number of rotatable bonds is 6. The molecule has 0 aliphatic rings. The van der Waals surface area contributed by atoms with E-state index in [0.29, 0.717) is 17.5 Å². The van der Waals surface area contributed by atoms with E-state index < -0.39 is 0 Å². The summed E-state index contributed by atoms with van der Waals surface area (Å²) in [5.41, 5.74) is 10.9. The third-order valence-electron chi connectivity index (χ3n) is 12.6.